The Morgan fingerprint density at radius 2 is 1.64 bits per heavy atom. The number of pyridine rings is 2. The highest BCUT2D eigenvalue weighted by Gasteiger charge is 2.40. The van der Waals surface area contributed by atoms with Crippen molar-refractivity contribution in [1.82, 2.24) is 34.4 Å². The molecule has 0 amide bonds. The molecule has 10 nitrogen and oxygen atoms in total. The number of nitriles is 1. The summed E-state index contributed by atoms with van der Waals surface area (Å²) in [6.07, 6.45) is 5.49. The molecule has 10 heteroatoms. The van der Waals surface area contributed by atoms with E-state index in [1.54, 1.807) is 12.3 Å². The molecular weight excluding hydrogens is 560 g/mol. The Morgan fingerprint density at radius 1 is 0.844 bits per heavy atom. The van der Waals surface area contributed by atoms with E-state index in [2.05, 4.69) is 71.8 Å². The average molecular weight is 591 g/mol. The number of aromatic nitrogens is 6. The molecule has 0 spiro atoms. The lowest BCUT2D eigenvalue weighted by atomic mass is 10.1. The third-order valence-corrected chi connectivity index (χ3v) is 8.94. The van der Waals surface area contributed by atoms with Crippen LogP contribution in [0.4, 0.5) is 11.6 Å². The number of anilines is 2. The maximum absolute atomic E-state index is 9.28. The molecule has 2 unspecified atom stereocenters. The molecule has 2 atom stereocenters. The van der Waals surface area contributed by atoms with E-state index in [0.29, 0.717) is 29.4 Å². The van der Waals surface area contributed by atoms with Gasteiger partial charge in [0.25, 0.3) is 0 Å². The van der Waals surface area contributed by atoms with Crippen LogP contribution in [0.25, 0.3) is 39.5 Å². The minimum atomic E-state index is 0.404. The smallest absolute Gasteiger partial charge is 0.165 e. The van der Waals surface area contributed by atoms with Crippen LogP contribution in [0.3, 0.4) is 0 Å². The first-order chi connectivity index (χ1) is 22.1. The van der Waals surface area contributed by atoms with Gasteiger partial charge in [0, 0.05) is 55.2 Å². The summed E-state index contributed by atoms with van der Waals surface area (Å²) in [5.74, 6) is 1.97. The topological polar surface area (TPSA) is 126 Å². The summed E-state index contributed by atoms with van der Waals surface area (Å²) in [5, 5.41) is 9.28. The predicted molar refractivity (Wildman–Crippen MR) is 173 cm³/mol. The fourth-order valence-electron chi connectivity index (χ4n) is 6.74. The Hall–Kier alpha value is -5.66. The molecule has 2 N–H and O–H groups in total. The second kappa shape index (κ2) is 11.1. The molecule has 0 aliphatic carbocycles. The molecular formula is C35H30N10. The fourth-order valence-corrected chi connectivity index (χ4v) is 6.74. The molecule has 2 aromatic carbocycles. The monoisotopic (exact) mass is 590 g/mol. The third-order valence-electron chi connectivity index (χ3n) is 8.94. The van der Waals surface area contributed by atoms with Crippen molar-refractivity contribution >= 4 is 22.8 Å². The van der Waals surface area contributed by atoms with Crippen LogP contribution < -0.4 is 10.6 Å². The van der Waals surface area contributed by atoms with Gasteiger partial charge in [-0.1, -0.05) is 42.5 Å². The minimum absolute atomic E-state index is 0.404. The quantitative estimate of drug-likeness (QED) is 0.277. The minimum Gasteiger partial charge on any atom is -0.383 e. The van der Waals surface area contributed by atoms with Crippen molar-refractivity contribution in [2.45, 2.75) is 31.5 Å². The van der Waals surface area contributed by atoms with Crippen LogP contribution in [0.15, 0.2) is 97.5 Å². The molecule has 0 radical (unpaired) electrons. The van der Waals surface area contributed by atoms with Crippen molar-refractivity contribution < 1.29 is 0 Å². The van der Waals surface area contributed by atoms with Gasteiger partial charge < -0.3 is 10.6 Å². The van der Waals surface area contributed by atoms with Gasteiger partial charge in [0.05, 0.1) is 11.3 Å². The number of benzene rings is 2. The number of hydrogen-bond acceptors (Lipinski definition) is 9. The van der Waals surface area contributed by atoms with E-state index in [9.17, 15) is 5.26 Å². The maximum atomic E-state index is 9.28. The highest BCUT2D eigenvalue weighted by molar-refractivity contribution is 5.84. The molecule has 2 aliphatic rings. The fraction of sp³-hybridized carbons (Fsp3) is 0.200. The zero-order valence-corrected chi connectivity index (χ0v) is 24.5. The van der Waals surface area contributed by atoms with Crippen molar-refractivity contribution in [2.24, 2.45) is 0 Å². The van der Waals surface area contributed by atoms with Gasteiger partial charge in [-0.25, -0.2) is 24.9 Å². The van der Waals surface area contributed by atoms with E-state index >= 15 is 0 Å². The van der Waals surface area contributed by atoms with E-state index in [-0.39, 0.29) is 0 Å². The molecule has 2 fully saturated rings. The number of nitrogens with zero attached hydrogens (tertiary/aromatic N) is 9. The largest absolute Gasteiger partial charge is 0.383 e. The SMILES string of the molecule is N#Cc1cc(N2CC3CCC(C2)N3Cc2ccc(-n3c(-c4cccnc4N)nc4ccc(-c5ccccc5)nc43)cc2)ncn1. The van der Waals surface area contributed by atoms with Crippen molar-refractivity contribution in [3.63, 3.8) is 0 Å². The van der Waals surface area contributed by atoms with E-state index in [1.165, 1.54) is 11.9 Å². The molecule has 6 heterocycles. The highest BCUT2D eigenvalue weighted by atomic mass is 15.3. The summed E-state index contributed by atoms with van der Waals surface area (Å²) in [4.78, 5) is 27.8. The van der Waals surface area contributed by atoms with E-state index in [4.69, 9.17) is 15.7 Å². The lowest BCUT2D eigenvalue weighted by Crippen LogP contribution is -2.53. The van der Waals surface area contributed by atoms with Gasteiger partial charge >= 0.3 is 0 Å². The maximum Gasteiger partial charge on any atom is 0.165 e. The van der Waals surface area contributed by atoms with Crippen molar-refractivity contribution in [1.29, 1.82) is 5.26 Å². The lowest BCUT2D eigenvalue weighted by Gasteiger charge is -2.41. The van der Waals surface area contributed by atoms with Gasteiger partial charge in [0.15, 0.2) is 11.5 Å². The van der Waals surface area contributed by atoms with E-state index in [1.807, 2.05) is 42.5 Å². The zero-order valence-electron chi connectivity index (χ0n) is 24.5. The molecule has 2 aliphatic heterocycles. The van der Waals surface area contributed by atoms with Gasteiger partial charge in [-0.15, -0.1) is 0 Å². The van der Waals surface area contributed by atoms with Crippen molar-refractivity contribution in [2.75, 3.05) is 23.7 Å². The Kier molecular flexibility index (Phi) is 6.65. The zero-order chi connectivity index (χ0) is 30.3. The van der Waals surface area contributed by atoms with Crippen molar-refractivity contribution in [3.05, 3.63) is 109 Å². The standard InChI is InChI=1S/C35H30N10/c36-18-25-17-32(40-22-39-25)43-20-27-12-13-28(21-43)44(27)19-23-8-10-26(11-9-23)45-34(29-7-4-16-38-33(29)37)42-31-15-14-30(41-35(31)45)24-5-2-1-3-6-24/h1-11,14-17,22,27-28H,12-13,19-21H2,(H2,37,38). The molecule has 6 aromatic rings. The number of imidazole rings is 1. The van der Waals surface area contributed by atoms with Crippen LogP contribution in [0.1, 0.15) is 24.1 Å². The Labute approximate surface area is 260 Å². The Morgan fingerprint density at radius 3 is 2.40 bits per heavy atom. The van der Waals surface area contributed by atoms with Crippen LogP contribution in [0, 0.1) is 11.3 Å². The normalized spacial score (nSPS) is 17.9. The summed E-state index contributed by atoms with van der Waals surface area (Å²) in [5.41, 5.74) is 13.2. The molecule has 45 heavy (non-hydrogen) atoms. The first kappa shape index (κ1) is 26.9. The summed E-state index contributed by atoms with van der Waals surface area (Å²) < 4.78 is 2.08. The summed E-state index contributed by atoms with van der Waals surface area (Å²) in [7, 11) is 0. The lowest BCUT2D eigenvalue weighted by molar-refractivity contribution is 0.160. The average Bonchev–Trinajstić information content (AvgIpc) is 3.57. The van der Waals surface area contributed by atoms with Crippen LogP contribution in [0.2, 0.25) is 0 Å². The molecule has 0 saturated carbocycles. The number of fused-ring (bicyclic) bond motifs is 3. The van der Waals surface area contributed by atoms with Gasteiger partial charge in [-0.3, -0.25) is 9.47 Å². The van der Waals surface area contributed by atoms with Gasteiger partial charge in [-0.05, 0) is 54.8 Å². The van der Waals surface area contributed by atoms with Gasteiger partial charge in [0.2, 0.25) is 0 Å². The molecule has 2 bridgehead atoms. The molecule has 220 valence electrons. The summed E-state index contributed by atoms with van der Waals surface area (Å²) >= 11 is 0. The molecule has 8 rings (SSSR count). The molecule has 2 saturated heterocycles. The second-order valence-corrected chi connectivity index (χ2v) is 11.6. The first-order valence-electron chi connectivity index (χ1n) is 15.1. The molecule has 4 aromatic heterocycles. The summed E-state index contributed by atoms with van der Waals surface area (Å²) in [6.45, 7) is 2.66. The van der Waals surface area contributed by atoms with Crippen LogP contribution in [-0.4, -0.2) is 59.6 Å². The van der Waals surface area contributed by atoms with Crippen LogP contribution >= 0.6 is 0 Å². The van der Waals surface area contributed by atoms with Crippen LogP contribution in [0.5, 0.6) is 0 Å². The predicted octanol–water partition coefficient (Wildman–Crippen LogP) is 5.25. The number of piperazine rings is 1. The van der Waals surface area contributed by atoms with Crippen LogP contribution in [-0.2, 0) is 6.54 Å². The van der Waals surface area contributed by atoms with Crippen molar-refractivity contribution in [3.8, 4) is 34.4 Å². The summed E-state index contributed by atoms with van der Waals surface area (Å²) in [6, 6.07) is 31.5. The van der Waals surface area contributed by atoms with E-state index < -0.39 is 0 Å². The van der Waals surface area contributed by atoms with Gasteiger partial charge in [0.1, 0.15) is 35.2 Å². The van der Waals surface area contributed by atoms with Gasteiger partial charge in [-0.2, -0.15) is 5.26 Å². The third kappa shape index (κ3) is 4.93. The number of nitrogens with two attached hydrogens (primary N) is 1. The number of rotatable bonds is 6. The first-order valence-corrected chi connectivity index (χ1v) is 15.1. The Bertz CT molecular complexity index is 2030. The number of hydrogen-bond donors (Lipinski definition) is 1. The highest BCUT2D eigenvalue weighted by Crippen LogP contribution is 2.35. The van der Waals surface area contributed by atoms with E-state index in [0.717, 1.165) is 72.0 Å². The Balaban J connectivity index is 1.10. The number of nitrogen functional groups attached to an aromatic ring is 1. The second-order valence-electron chi connectivity index (χ2n) is 11.6.